The van der Waals surface area contributed by atoms with Gasteiger partial charge in [0.25, 0.3) is 5.91 Å². The fourth-order valence-electron chi connectivity index (χ4n) is 1.83. The molecule has 0 unspecified atom stereocenters. The molecule has 0 aliphatic carbocycles. The van der Waals surface area contributed by atoms with Crippen LogP contribution >= 0.6 is 0 Å². The Morgan fingerprint density at radius 3 is 2.32 bits per heavy atom. The Morgan fingerprint density at radius 2 is 1.84 bits per heavy atom. The highest BCUT2D eigenvalue weighted by Gasteiger charge is 2.19. The van der Waals surface area contributed by atoms with Gasteiger partial charge in [0.15, 0.2) is 0 Å². The Bertz CT molecular complexity index is 563. The number of nitrogens with one attached hydrogen (secondary N) is 1. The molecule has 0 spiro atoms. The van der Waals surface area contributed by atoms with Crippen LogP contribution in [0.2, 0.25) is 0 Å². The number of hydrogen-bond acceptors (Lipinski definition) is 3. The summed E-state index contributed by atoms with van der Waals surface area (Å²) < 4.78 is 26.0. The third kappa shape index (κ3) is 3.33. The zero-order valence-electron chi connectivity index (χ0n) is 11.7. The third-order valence-electron chi connectivity index (χ3n) is 3.04. The van der Waals surface area contributed by atoms with Crippen LogP contribution in [-0.2, 0) is 10.0 Å². The van der Waals surface area contributed by atoms with Crippen LogP contribution in [0.4, 0.5) is 0 Å². The van der Waals surface area contributed by atoms with E-state index in [2.05, 4.69) is 4.72 Å². The molecule has 0 aromatic heterocycles. The molecule has 106 valence electrons. The lowest BCUT2D eigenvalue weighted by Gasteiger charge is -2.19. The van der Waals surface area contributed by atoms with E-state index in [0.29, 0.717) is 24.2 Å². The van der Waals surface area contributed by atoms with E-state index in [1.165, 1.54) is 13.1 Å². The minimum Gasteiger partial charge on any atom is -0.339 e. The molecule has 0 heterocycles. The molecule has 6 heteroatoms. The van der Waals surface area contributed by atoms with Gasteiger partial charge in [0.05, 0.1) is 4.90 Å². The SMILES string of the molecule is CCN(CC)C(=O)c1ccc(C)c(S(=O)(=O)NC)c1. The molecule has 1 amide bonds. The number of amides is 1. The molecule has 0 saturated carbocycles. The van der Waals surface area contributed by atoms with Gasteiger partial charge in [0, 0.05) is 18.7 Å². The second kappa shape index (κ2) is 6.16. The van der Waals surface area contributed by atoms with E-state index in [9.17, 15) is 13.2 Å². The van der Waals surface area contributed by atoms with E-state index in [4.69, 9.17) is 0 Å². The van der Waals surface area contributed by atoms with Crippen LogP contribution < -0.4 is 4.72 Å². The lowest BCUT2D eigenvalue weighted by molar-refractivity contribution is 0.0772. The average Bonchev–Trinajstić information content (AvgIpc) is 2.40. The summed E-state index contributed by atoms with van der Waals surface area (Å²) in [6, 6.07) is 4.74. The molecule has 0 saturated heterocycles. The van der Waals surface area contributed by atoms with Gasteiger partial charge < -0.3 is 4.90 Å². The monoisotopic (exact) mass is 284 g/mol. The Labute approximate surface area is 114 Å². The number of carbonyl (C=O) groups is 1. The van der Waals surface area contributed by atoms with Gasteiger partial charge in [-0.1, -0.05) is 6.07 Å². The van der Waals surface area contributed by atoms with E-state index in [1.807, 2.05) is 13.8 Å². The molecule has 0 radical (unpaired) electrons. The molecular weight excluding hydrogens is 264 g/mol. The molecule has 0 aliphatic rings. The summed E-state index contributed by atoms with van der Waals surface area (Å²) in [5.41, 5.74) is 1.01. The van der Waals surface area contributed by atoms with Crippen molar-refractivity contribution in [3.8, 4) is 0 Å². The molecule has 0 fully saturated rings. The first-order valence-electron chi connectivity index (χ1n) is 6.20. The van der Waals surface area contributed by atoms with Crippen molar-refractivity contribution in [3.63, 3.8) is 0 Å². The second-order valence-electron chi connectivity index (χ2n) is 4.17. The van der Waals surface area contributed by atoms with Crippen LogP contribution in [0.3, 0.4) is 0 Å². The second-order valence-corrected chi connectivity index (χ2v) is 6.02. The standard InChI is InChI=1S/C13H20N2O3S/c1-5-15(6-2)13(16)11-8-7-10(3)12(9-11)19(17,18)14-4/h7-9,14H,5-6H2,1-4H3. The van der Waals surface area contributed by atoms with Crippen LogP contribution in [0.15, 0.2) is 23.1 Å². The summed E-state index contributed by atoms with van der Waals surface area (Å²) in [5.74, 6) is -0.155. The number of hydrogen-bond donors (Lipinski definition) is 1. The fourth-order valence-corrected chi connectivity index (χ4v) is 2.82. The van der Waals surface area contributed by atoms with Crippen LogP contribution in [0.25, 0.3) is 0 Å². The predicted octanol–water partition coefficient (Wildman–Crippen LogP) is 1.39. The van der Waals surface area contributed by atoms with Crippen molar-refractivity contribution < 1.29 is 13.2 Å². The van der Waals surface area contributed by atoms with Crippen LogP contribution in [0.1, 0.15) is 29.8 Å². The zero-order valence-corrected chi connectivity index (χ0v) is 12.5. The molecule has 19 heavy (non-hydrogen) atoms. The Hall–Kier alpha value is -1.40. The molecule has 1 N–H and O–H groups in total. The Morgan fingerprint density at radius 1 is 1.26 bits per heavy atom. The molecule has 1 aromatic rings. The quantitative estimate of drug-likeness (QED) is 0.888. The normalized spacial score (nSPS) is 11.4. The minimum absolute atomic E-state index is 0.146. The Balaban J connectivity index is 3.27. The maximum Gasteiger partial charge on any atom is 0.253 e. The number of sulfonamides is 1. The van der Waals surface area contributed by atoms with Gasteiger partial charge in [-0.2, -0.15) is 0 Å². The van der Waals surface area contributed by atoms with Gasteiger partial charge in [-0.05, 0) is 45.5 Å². The van der Waals surface area contributed by atoms with Gasteiger partial charge in [0.2, 0.25) is 10.0 Å². The average molecular weight is 284 g/mol. The molecular formula is C13H20N2O3S. The van der Waals surface area contributed by atoms with Gasteiger partial charge in [-0.15, -0.1) is 0 Å². The summed E-state index contributed by atoms with van der Waals surface area (Å²) in [4.78, 5) is 14.0. The largest absolute Gasteiger partial charge is 0.339 e. The lowest BCUT2D eigenvalue weighted by atomic mass is 10.1. The van der Waals surface area contributed by atoms with Gasteiger partial charge in [-0.3, -0.25) is 4.79 Å². The maximum absolute atomic E-state index is 12.2. The van der Waals surface area contributed by atoms with Crippen LogP contribution in [0, 0.1) is 6.92 Å². The van der Waals surface area contributed by atoms with Gasteiger partial charge in [0.1, 0.15) is 0 Å². The lowest BCUT2D eigenvalue weighted by Crippen LogP contribution is -2.30. The van der Waals surface area contributed by atoms with Gasteiger partial charge >= 0.3 is 0 Å². The Kier molecular flexibility index (Phi) is 5.08. The summed E-state index contributed by atoms with van der Waals surface area (Å²) in [6.45, 7) is 6.67. The summed E-state index contributed by atoms with van der Waals surface area (Å²) in [5, 5.41) is 0. The van der Waals surface area contributed by atoms with Crippen molar-refractivity contribution in [1.29, 1.82) is 0 Å². The summed E-state index contributed by atoms with van der Waals surface area (Å²) in [7, 11) is -2.19. The molecule has 1 aromatic carbocycles. The summed E-state index contributed by atoms with van der Waals surface area (Å²) >= 11 is 0. The van der Waals surface area contributed by atoms with E-state index in [1.54, 1.807) is 24.0 Å². The number of rotatable bonds is 5. The van der Waals surface area contributed by atoms with Crippen molar-refractivity contribution in [2.75, 3.05) is 20.1 Å². The number of carbonyl (C=O) groups excluding carboxylic acids is 1. The molecule has 0 atom stereocenters. The summed E-state index contributed by atoms with van der Waals surface area (Å²) in [6.07, 6.45) is 0. The smallest absolute Gasteiger partial charge is 0.253 e. The van der Waals surface area contributed by atoms with Gasteiger partial charge in [-0.25, -0.2) is 13.1 Å². The van der Waals surface area contributed by atoms with Crippen LogP contribution in [0.5, 0.6) is 0 Å². The van der Waals surface area contributed by atoms with Crippen molar-refractivity contribution in [2.24, 2.45) is 0 Å². The third-order valence-corrected chi connectivity index (χ3v) is 4.60. The first-order chi connectivity index (χ1) is 8.87. The predicted molar refractivity (Wildman–Crippen MR) is 74.7 cm³/mol. The number of nitrogens with zero attached hydrogens (tertiary/aromatic N) is 1. The maximum atomic E-state index is 12.2. The van der Waals surface area contributed by atoms with E-state index < -0.39 is 10.0 Å². The van der Waals surface area contributed by atoms with Crippen LogP contribution in [-0.4, -0.2) is 39.4 Å². The highest BCUT2D eigenvalue weighted by molar-refractivity contribution is 7.89. The number of benzene rings is 1. The first kappa shape index (κ1) is 15.7. The minimum atomic E-state index is -3.54. The van der Waals surface area contributed by atoms with Crippen molar-refractivity contribution in [3.05, 3.63) is 29.3 Å². The van der Waals surface area contributed by atoms with Crippen molar-refractivity contribution in [2.45, 2.75) is 25.7 Å². The molecule has 5 nitrogen and oxygen atoms in total. The fraction of sp³-hybridized carbons (Fsp3) is 0.462. The molecule has 1 rings (SSSR count). The topological polar surface area (TPSA) is 66.5 Å². The highest BCUT2D eigenvalue weighted by atomic mass is 32.2. The van der Waals surface area contributed by atoms with E-state index >= 15 is 0 Å². The first-order valence-corrected chi connectivity index (χ1v) is 7.69. The number of aryl methyl sites for hydroxylation is 1. The molecule has 0 aliphatic heterocycles. The zero-order chi connectivity index (χ0) is 14.6. The van der Waals surface area contributed by atoms with E-state index in [0.717, 1.165) is 0 Å². The van der Waals surface area contributed by atoms with Crippen molar-refractivity contribution >= 4 is 15.9 Å². The van der Waals surface area contributed by atoms with E-state index in [-0.39, 0.29) is 10.8 Å². The highest BCUT2D eigenvalue weighted by Crippen LogP contribution is 2.18. The molecule has 0 bridgehead atoms. The van der Waals surface area contributed by atoms with Crippen molar-refractivity contribution in [1.82, 2.24) is 9.62 Å².